The molecule has 2 aromatic carbocycles. The van der Waals surface area contributed by atoms with Crippen molar-refractivity contribution in [3.63, 3.8) is 0 Å². The molecule has 4 aromatic rings. The molecule has 0 saturated carbocycles. The Balaban J connectivity index is 0.00000124. The molecule has 0 amide bonds. The topological polar surface area (TPSA) is 39.9 Å². The van der Waals surface area contributed by atoms with Crippen LogP contribution in [0.1, 0.15) is 44.4 Å². The molecule has 0 aliphatic heterocycles. The summed E-state index contributed by atoms with van der Waals surface area (Å²) >= 11 is 0. The van der Waals surface area contributed by atoms with Gasteiger partial charge in [-0.15, -0.1) is 0 Å². The van der Waals surface area contributed by atoms with E-state index in [-0.39, 0.29) is 0 Å². The molecule has 4 rings (SSSR count). The van der Waals surface area contributed by atoms with Gasteiger partial charge in [-0.25, -0.2) is 9.97 Å². The summed E-state index contributed by atoms with van der Waals surface area (Å²) in [5.41, 5.74) is 5.64. The van der Waals surface area contributed by atoms with Crippen LogP contribution in [0.15, 0.2) is 67.1 Å². The smallest absolute Gasteiger partial charge is 0.138 e. The van der Waals surface area contributed by atoms with Crippen molar-refractivity contribution >= 4 is 23.2 Å². The lowest BCUT2D eigenvalue weighted by molar-refractivity contribution is 0.339. The Morgan fingerprint density at radius 2 is 1.60 bits per heavy atom. The number of benzene rings is 2. The summed E-state index contributed by atoms with van der Waals surface area (Å²) in [6.07, 6.45) is 8.86. The van der Waals surface area contributed by atoms with Gasteiger partial charge in [0, 0.05) is 0 Å². The van der Waals surface area contributed by atoms with E-state index in [0.29, 0.717) is 6.61 Å². The van der Waals surface area contributed by atoms with Crippen molar-refractivity contribution in [2.24, 2.45) is 0 Å². The van der Waals surface area contributed by atoms with E-state index >= 15 is 0 Å². The molecule has 4 nitrogen and oxygen atoms in total. The van der Waals surface area contributed by atoms with Gasteiger partial charge in [-0.3, -0.25) is 4.57 Å². The number of hydrogen-bond donors (Lipinski definition) is 0. The zero-order chi connectivity index (χ0) is 21.3. The van der Waals surface area contributed by atoms with Crippen molar-refractivity contribution in [2.45, 2.75) is 34.1 Å². The first kappa shape index (κ1) is 21.3. The Bertz CT molecular complexity index is 1090. The van der Waals surface area contributed by atoms with E-state index in [1.54, 1.807) is 6.20 Å². The Kier molecular flexibility index (Phi) is 7.39. The summed E-state index contributed by atoms with van der Waals surface area (Å²) in [7, 11) is 0. The highest BCUT2D eigenvalue weighted by Gasteiger charge is 2.06. The molecule has 2 heterocycles. The van der Waals surface area contributed by atoms with Crippen LogP contribution >= 0.6 is 0 Å². The Morgan fingerprint density at radius 1 is 0.867 bits per heavy atom. The van der Waals surface area contributed by atoms with E-state index in [1.807, 2.05) is 43.8 Å². The van der Waals surface area contributed by atoms with Gasteiger partial charge in [0.1, 0.15) is 17.9 Å². The maximum atomic E-state index is 5.46. The van der Waals surface area contributed by atoms with Crippen molar-refractivity contribution in [3.8, 4) is 11.6 Å². The molecule has 0 radical (unpaired) electrons. The van der Waals surface area contributed by atoms with Crippen LogP contribution in [0.25, 0.3) is 29.0 Å². The van der Waals surface area contributed by atoms with Crippen LogP contribution in [0.5, 0.6) is 5.75 Å². The lowest BCUT2D eigenvalue weighted by Crippen LogP contribution is -1.97. The second-order valence-corrected chi connectivity index (χ2v) is 6.58. The number of aromatic nitrogens is 3. The van der Waals surface area contributed by atoms with Crippen LogP contribution in [0, 0.1) is 0 Å². The van der Waals surface area contributed by atoms with Crippen molar-refractivity contribution in [1.82, 2.24) is 14.5 Å². The fourth-order valence-corrected chi connectivity index (χ4v) is 3.14. The normalized spacial score (nSPS) is 10.8. The molecule has 0 unspecified atom stereocenters. The van der Waals surface area contributed by atoms with Crippen molar-refractivity contribution in [2.75, 3.05) is 6.61 Å². The van der Waals surface area contributed by atoms with Gasteiger partial charge in [-0.1, -0.05) is 63.3 Å². The predicted molar refractivity (Wildman–Crippen MR) is 126 cm³/mol. The average molecular weight is 400 g/mol. The second-order valence-electron chi connectivity index (χ2n) is 6.58. The molecule has 0 fully saturated rings. The molecule has 30 heavy (non-hydrogen) atoms. The number of pyridine rings is 1. The zero-order valence-corrected chi connectivity index (χ0v) is 18.2. The quantitative estimate of drug-likeness (QED) is 0.344. The van der Waals surface area contributed by atoms with Gasteiger partial charge in [-0.2, -0.15) is 0 Å². The summed E-state index contributed by atoms with van der Waals surface area (Å²) in [6, 6.07) is 18.8. The molecule has 0 atom stereocenters. The molecular formula is C26H29N3O. The predicted octanol–water partition coefficient (Wildman–Crippen LogP) is 6.58. The number of aryl methyl sites for hydroxylation is 1. The Hall–Kier alpha value is -3.40. The van der Waals surface area contributed by atoms with Crippen molar-refractivity contribution in [1.29, 1.82) is 0 Å². The number of nitrogens with zero attached hydrogens (tertiary/aromatic N) is 3. The summed E-state index contributed by atoms with van der Waals surface area (Å²) in [4.78, 5) is 9.04. The molecule has 154 valence electrons. The molecule has 0 aliphatic rings. The van der Waals surface area contributed by atoms with E-state index < -0.39 is 0 Å². The number of fused-ring (bicyclic) bond motifs is 1. The van der Waals surface area contributed by atoms with E-state index in [1.165, 1.54) is 11.1 Å². The van der Waals surface area contributed by atoms with Gasteiger partial charge in [0.2, 0.25) is 0 Å². The standard InChI is InChI=1S/C24H23N3O.C2H6/c1-3-18-5-7-19(8-6-18)9-10-20-11-13-23-22(15-20)26-17-27(23)24-14-12-21(16-25-24)28-4-2;1-2/h5-17H,3-4H2,1-2H3;1-2H3/b10-9-;. The molecule has 0 aliphatic carbocycles. The third kappa shape index (κ3) is 4.95. The van der Waals surface area contributed by atoms with E-state index in [0.717, 1.165) is 34.6 Å². The van der Waals surface area contributed by atoms with Gasteiger partial charge in [0.15, 0.2) is 0 Å². The number of imidazole rings is 1. The summed E-state index contributed by atoms with van der Waals surface area (Å²) in [5.74, 6) is 1.60. The summed E-state index contributed by atoms with van der Waals surface area (Å²) in [5, 5.41) is 0. The summed E-state index contributed by atoms with van der Waals surface area (Å²) < 4.78 is 7.45. The lowest BCUT2D eigenvalue weighted by atomic mass is 10.1. The number of hydrogen-bond acceptors (Lipinski definition) is 3. The van der Waals surface area contributed by atoms with Gasteiger partial charge in [0.25, 0.3) is 0 Å². The number of rotatable bonds is 6. The van der Waals surface area contributed by atoms with E-state index in [2.05, 4.69) is 71.5 Å². The highest BCUT2D eigenvalue weighted by Crippen LogP contribution is 2.21. The second kappa shape index (κ2) is 10.4. The van der Waals surface area contributed by atoms with Crippen LogP contribution < -0.4 is 4.74 Å². The first-order chi connectivity index (χ1) is 14.8. The monoisotopic (exact) mass is 399 g/mol. The van der Waals surface area contributed by atoms with Crippen LogP contribution in [-0.4, -0.2) is 21.1 Å². The third-order valence-corrected chi connectivity index (χ3v) is 4.71. The minimum atomic E-state index is 0.633. The van der Waals surface area contributed by atoms with Crippen molar-refractivity contribution in [3.05, 3.63) is 83.8 Å². The minimum absolute atomic E-state index is 0.633. The van der Waals surface area contributed by atoms with E-state index in [4.69, 9.17) is 4.74 Å². The molecule has 2 aromatic heterocycles. The number of ether oxygens (including phenoxy) is 1. The molecular weight excluding hydrogens is 370 g/mol. The SMILES string of the molecule is CC.CCOc1ccc(-n2cnc3cc(/C=C\c4ccc(CC)cc4)ccc32)nc1. The van der Waals surface area contributed by atoms with Gasteiger partial charge in [-0.05, 0) is 54.3 Å². The van der Waals surface area contributed by atoms with Gasteiger partial charge >= 0.3 is 0 Å². The Morgan fingerprint density at radius 3 is 2.27 bits per heavy atom. The molecule has 0 N–H and O–H groups in total. The van der Waals surface area contributed by atoms with Gasteiger partial charge < -0.3 is 4.74 Å². The van der Waals surface area contributed by atoms with Crippen LogP contribution in [0.4, 0.5) is 0 Å². The largest absolute Gasteiger partial charge is 0.492 e. The highest BCUT2D eigenvalue weighted by atomic mass is 16.5. The van der Waals surface area contributed by atoms with Crippen LogP contribution in [0.2, 0.25) is 0 Å². The maximum absolute atomic E-state index is 5.46. The highest BCUT2D eigenvalue weighted by molar-refractivity contribution is 5.82. The van der Waals surface area contributed by atoms with Gasteiger partial charge in [0.05, 0.1) is 23.8 Å². The van der Waals surface area contributed by atoms with Crippen LogP contribution in [0.3, 0.4) is 0 Å². The first-order valence-corrected chi connectivity index (χ1v) is 10.6. The average Bonchev–Trinajstić information content (AvgIpc) is 3.23. The minimum Gasteiger partial charge on any atom is -0.492 e. The first-order valence-electron chi connectivity index (χ1n) is 10.6. The fourth-order valence-electron chi connectivity index (χ4n) is 3.14. The molecule has 0 saturated heterocycles. The van der Waals surface area contributed by atoms with Crippen LogP contribution in [-0.2, 0) is 6.42 Å². The third-order valence-electron chi connectivity index (χ3n) is 4.71. The maximum Gasteiger partial charge on any atom is 0.138 e. The molecule has 0 spiro atoms. The molecule has 4 heteroatoms. The fraction of sp³-hybridized carbons (Fsp3) is 0.231. The van der Waals surface area contributed by atoms with Crippen molar-refractivity contribution < 1.29 is 4.74 Å². The zero-order valence-electron chi connectivity index (χ0n) is 18.2. The Labute approximate surface area is 178 Å². The van der Waals surface area contributed by atoms with E-state index in [9.17, 15) is 0 Å². The lowest BCUT2D eigenvalue weighted by Gasteiger charge is -2.06. The summed E-state index contributed by atoms with van der Waals surface area (Å²) in [6.45, 7) is 8.76. The molecule has 0 bridgehead atoms.